The quantitative estimate of drug-likeness (QED) is 0.889. The number of hydrogen-bond donors (Lipinski definition) is 2. The van der Waals surface area contributed by atoms with Crippen LogP contribution in [0.4, 0.5) is 5.69 Å². The number of ether oxygens (including phenoxy) is 1. The molecule has 22 heavy (non-hydrogen) atoms. The van der Waals surface area contributed by atoms with Crippen LogP contribution in [0.5, 0.6) is 5.75 Å². The summed E-state index contributed by atoms with van der Waals surface area (Å²) in [5.74, 6) is -0.298. The summed E-state index contributed by atoms with van der Waals surface area (Å²) in [6.07, 6.45) is -0.706. The van der Waals surface area contributed by atoms with E-state index < -0.39 is 12.0 Å². The van der Waals surface area contributed by atoms with Crippen molar-refractivity contribution in [2.45, 2.75) is 20.0 Å². The first kappa shape index (κ1) is 15.6. The van der Waals surface area contributed by atoms with Crippen LogP contribution in [0, 0.1) is 6.92 Å². The van der Waals surface area contributed by atoms with Gasteiger partial charge in [0.2, 0.25) is 0 Å². The molecule has 2 rings (SSSR count). The molecule has 2 amide bonds. The Hall–Kier alpha value is -2.82. The van der Waals surface area contributed by atoms with Gasteiger partial charge in [-0.2, -0.15) is 0 Å². The molecule has 0 spiro atoms. The lowest BCUT2D eigenvalue weighted by Crippen LogP contribution is -2.31. The Labute approximate surface area is 129 Å². The molecule has 0 unspecified atom stereocenters. The number of anilines is 1. The largest absolute Gasteiger partial charge is 0.481 e. The SMILES string of the molecule is Cc1ccccc1O[C@H](C)C(=O)Nc1ccccc1C(N)=O. The van der Waals surface area contributed by atoms with E-state index in [0.717, 1.165) is 5.56 Å². The van der Waals surface area contributed by atoms with Gasteiger partial charge in [-0.1, -0.05) is 30.3 Å². The van der Waals surface area contributed by atoms with Gasteiger partial charge < -0.3 is 15.8 Å². The van der Waals surface area contributed by atoms with Gasteiger partial charge in [0, 0.05) is 0 Å². The molecule has 1 atom stereocenters. The first-order chi connectivity index (χ1) is 10.5. The summed E-state index contributed by atoms with van der Waals surface area (Å²) < 4.78 is 5.65. The molecule has 0 aromatic heterocycles. The third-order valence-electron chi connectivity index (χ3n) is 3.22. The van der Waals surface area contributed by atoms with Crippen molar-refractivity contribution >= 4 is 17.5 Å². The van der Waals surface area contributed by atoms with Crippen molar-refractivity contribution < 1.29 is 14.3 Å². The number of nitrogens with one attached hydrogen (secondary N) is 1. The maximum Gasteiger partial charge on any atom is 0.265 e. The van der Waals surface area contributed by atoms with Crippen LogP contribution >= 0.6 is 0 Å². The third kappa shape index (κ3) is 3.63. The van der Waals surface area contributed by atoms with Crippen molar-refractivity contribution in [1.82, 2.24) is 0 Å². The Balaban J connectivity index is 2.09. The van der Waals surface area contributed by atoms with Gasteiger partial charge in [-0.15, -0.1) is 0 Å². The lowest BCUT2D eigenvalue weighted by Gasteiger charge is -2.17. The number of primary amides is 1. The van der Waals surface area contributed by atoms with Crippen molar-refractivity contribution in [2.24, 2.45) is 5.73 Å². The van der Waals surface area contributed by atoms with E-state index in [1.165, 1.54) is 0 Å². The molecular formula is C17H18N2O3. The minimum Gasteiger partial charge on any atom is -0.481 e. The molecule has 114 valence electrons. The molecule has 5 heteroatoms. The van der Waals surface area contributed by atoms with E-state index in [1.54, 1.807) is 37.3 Å². The van der Waals surface area contributed by atoms with Gasteiger partial charge >= 0.3 is 0 Å². The number of carbonyl (C=O) groups is 2. The van der Waals surface area contributed by atoms with Gasteiger partial charge in [-0.25, -0.2) is 0 Å². The zero-order valence-electron chi connectivity index (χ0n) is 12.5. The van der Waals surface area contributed by atoms with Crippen molar-refractivity contribution in [3.8, 4) is 5.75 Å². The fourth-order valence-electron chi connectivity index (χ4n) is 1.97. The number of amides is 2. The Kier molecular flexibility index (Phi) is 4.78. The number of rotatable bonds is 5. The fourth-order valence-corrected chi connectivity index (χ4v) is 1.97. The van der Waals surface area contributed by atoms with Crippen molar-refractivity contribution in [2.75, 3.05) is 5.32 Å². The molecule has 0 aliphatic rings. The van der Waals surface area contributed by atoms with E-state index in [0.29, 0.717) is 11.4 Å². The summed E-state index contributed by atoms with van der Waals surface area (Å²) in [5.41, 5.74) is 6.87. The number of hydrogen-bond acceptors (Lipinski definition) is 3. The lowest BCUT2D eigenvalue weighted by atomic mass is 10.1. The van der Waals surface area contributed by atoms with Gasteiger partial charge in [0.25, 0.3) is 11.8 Å². The van der Waals surface area contributed by atoms with E-state index in [9.17, 15) is 9.59 Å². The summed E-state index contributed by atoms with van der Waals surface area (Å²) in [5, 5.41) is 2.67. The first-order valence-electron chi connectivity index (χ1n) is 6.91. The smallest absolute Gasteiger partial charge is 0.265 e. The minimum atomic E-state index is -0.706. The van der Waals surface area contributed by atoms with E-state index in [-0.39, 0.29) is 11.5 Å². The summed E-state index contributed by atoms with van der Waals surface area (Å²) in [6, 6.07) is 14.0. The van der Waals surface area contributed by atoms with Gasteiger partial charge in [0.1, 0.15) is 5.75 Å². The van der Waals surface area contributed by atoms with E-state index in [1.807, 2.05) is 25.1 Å². The Morgan fingerprint density at radius 2 is 1.73 bits per heavy atom. The maximum atomic E-state index is 12.2. The van der Waals surface area contributed by atoms with Crippen LogP contribution < -0.4 is 15.8 Å². The topological polar surface area (TPSA) is 81.4 Å². The summed E-state index contributed by atoms with van der Waals surface area (Å²) in [7, 11) is 0. The average molecular weight is 298 g/mol. The highest BCUT2D eigenvalue weighted by atomic mass is 16.5. The maximum absolute atomic E-state index is 12.2. The highest BCUT2D eigenvalue weighted by molar-refractivity contribution is 6.03. The standard InChI is InChI=1S/C17H18N2O3/c1-11-7-3-6-10-15(11)22-12(2)17(21)19-14-9-5-4-8-13(14)16(18)20/h3-10,12H,1-2H3,(H2,18,20)(H,19,21)/t12-/m1/s1. The molecule has 0 heterocycles. The number of para-hydroxylation sites is 2. The van der Waals surface area contributed by atoms with Crippen LogP contribution in [0.15, 0.2) is 48.5 Å². The molecule has 3 N–H and O–H groups in total. The monoisotopic (exact) mass is 298 g/mol. The van der Waals surface area contributed by atoms with Gasteiger partial charge in [0.05, 0.1) is 11.3 Å². The molecule has 0 aliphatic carbocycles. The van der Waals surface area contributed by atoms with Crippen molar-refractivity contribution in [3.63, 3.8) is 0 Å². The third-order valence-corrected chi connectivity index (χ3v) is 3.22. The second kappa shape index (κ2) is 6.76. The normalized spacial score (nSPS) is 11.5. The predicted octanol–water partition coefficient (Wildman–Crippen LogP) is 2.50. The summed E-state index contributed by atoms with van der Waals surface area (Å²) in [4.78, 5) is 23.6. The Morgan fingerprint density at radius 3 is 2.41 bits per heavy atom. The summed E-state index contributed by atoms with van der Waals surface area (Å²) in [6.45, 7) is 3.55. The number of nitrogens with two attached hydrogens (primary N) is 1. The lowest BCUT2D eigenvalue weighted by molar-refractivity contribution is -0.122. The molecule has 0 fully saturated rings. The molecule has 0 radical (unpaired) electrons. The van der Waals surface area contributed by atoms with Crippen LogP contribution in [-0.2, 0) is 4.79 Å². The molecule has 0 saturated carbocycles. The molecule has 5 nitrogen and oxygen atoms in total. The van der Waals surface area contributed by atoms with E-state index in [2.05, 4.69) is 5.32 Å². The highest BCUT2D eigenvalue weighted by Gasteiger charge is 2.18. The fraction of sp³-hybridized carbons (Fsp3) is 0.176. The molecule has 0 saturated heterocycles. The zero-order valence-corrected chi connectivity index (χ0v) is 12.5. The summed E-state index contributed by atoms with van der Waals surface area (Å²) >= 11 is 0. The molecule has 0 aliphatic heterocycles. The molecular weight excluding hydrogens is 280 g/mol. The van der Waals surface area contributed by atoms with Crippen LogP contribution in [0.2, 0.25) is 0 Å². The van der Waals surface area contributed by atoms with E-state index >= 15 is 0 Å². The number of aryl methyl sites for hydroxylation is 1. The Morgan fingerprint density at radius 1 is 1.09 bits per heavy atom. The van der Waals surface area contributed by atoms with Crippen LogP contribution in [-0.4, -0.2) is 17.9 Å². The Bertz CT molecular complexity index is 698. The molecule has 2 aromatic carbocycles. The number of carbonyl (C=O) groups excluding carboxylic acids is 2. The van der Waals surface area contributed by atoms with Gasteiger partial charge in [0.15, 0.2) is 6.10 Å². The number of benzene rings is 2. The first-order valence-corrected chi connectivity index (χ1v) is 6.91. The van der Waals surface area contributed by atoms with Crippen molar-refractivity contribution in [1.29, 1.82) is 0 Å². The minimum absolute atomic E-state index is 0.263. The molecule has 2 aromatic rings. The van der Waals surface area contributed by atoms with E-state index in [4.69, 9.17) is 10.5 Å². The van der Waals surface area contributed by atoms with Crippen LogP contribution in [0.1, 0.15) is 22.8 Å². The van der Waals surface area contributed by atoms with Gasteiger partial charge in [-0.05, 0) is 37.6 Å². The second-order valence-electron chi connectivity index (χ2n) is 4.92. The van der Waals surface area contributed by atoms with Crippen LogP contribution in [0.25, 0.3) is 0 Å². The van der Waals surface area contributed by atoms with Crippen molar-refractivity contribution in [3.05, 3.63) is 59.7 Å². The van der Waals surface area contributed by atoms with Gasteiger partial charge in [-0.3, -0.25) is 9.59 Å². The highest BCUT2D eigenvalue weighted by Crippen LogP contribution is 2.19. The predicted molar refractivity (Wildman–Crippen MR) is 84.9 cm³/mol. The van der Waals surface area contributed by atoms with Crippen LogP contribution in [0.3, 0.4) is 0 Å². The molecule has 0 bridgehead atoms. The average Bonchev–Trinajstić information content (AvgIpc) is 2.49. The zero-order chi connectivity index (χ0) is 16.1. The second-order valence-corrected chi connectivity index (χ2v) is 4.92.